The molecule has 0 spiro atoms. The predicted molar refractivity (Wildman–Crippen MR) is 89.3 cm³/mol. The molecule has 23 heavy (non-hydrogen) atoms. The van der Waals surface area contributed by atoms with Gasteiger partial charge in [-0.15, -0.1) is 5.10 Å². The van der Waals surface area contributed by atoms with E-state index in [2.05, 4.69) is 30.9 Å². The van der Waals surface area contributed by atoms with E-state index in [1.54, 1.807) is 6.20 Å². The largest absolute Gasteiger partial charge is 0.347 e. The van der Waals surface area contributed by atoms with Gasteiger partial charge in [0.1, 0.15) is 4.88 Å². The van der Waals surface area contributed by atoms with Crippen LogP contribution in [0, 0.1) is 0 Å². The Bertz CT molecular complexity index is 645. The standard InChI is InChI=1S/C16H21N5OS/c1-2-14-15(23-20-19-14)16(22)18-13-6-4-8-21(11-13)10-12-5-3-7-17-9-12/h3,5,7,9,13H,2,4,6,8,10-11H2,1H3,(H,18,22)/t13-/m1/s1. The fourth-order valence-corrected chi connectivity index (χ4v) is 3.58. The topological polar surface area (TPSA) is 71.0 Å². The lowest BCUT2D eigenvalue weighted by molar-refractivity contribution is 0.0903. The molecule has 0 aliphatic carbocycles. The Morgan fingerprint density at radius 3 is 3.22 bits per heavy atom. The highest BCUT2D eigenvalue weighted by Crippen LogP contribution is 2.16. The van der Waals surface area contributed by atoms with Crippen LogP contribution in [-0.4, -0.2) is 44.5 Å². The second-order valence-electron chi connectivity index (χ2n) is 5.81. The van der Waals surface area contributed by atoms with E-state index in [-0.39, 0.29) is 11.9 Å². The number of amides is 1. The monoisotopic (exact) mass is 331 g/mol. The molecule has 1 fully saturated rings. The van der Waals surface area contributed by atoms with Gasteiger partial charge in [-0.05, 0) is 49.0 Å². The number of pyridine rings is 1. The van der Waals surface area contributed by atoms with Crippen molar-refractivity contribution in [2.45, 2.75) is 38.8 Å². The van der Waals surface area contributed by atoms with Gasteiger partial charge in [-0.1, -0.05) is 17.5 Å². The highest BCUT2D eigenvalue weighted by molar-refractivity contribution is 7.08. The quantitative estimate of drug-likeness (QED) is 0.906. The molecule has 1 amide bonds. The van der Waals surface area contributed by atoms with Gasteiger partial charge in [0.05, 0.1) is 5.69 Å². The molecule has 1 aliphatic heterocycles. The van der Waals surface area contributed by atoms with Crippen LogP contribution in [-0.2, 0) is 13.0 Å². The molecule has 2 aromatic rings. The zero-order chi connectivity index (χ0) is 16.1. The van der Waals surface area contributed by atoms with Crippen LogP contribution in [0.25, 0.3) is 0 Å². The molecule has 1 atom stereocenters. The molecular weight excluding hydrogens is 310 g/mol. The molecule has 1 aliphatic rings. The second-order valence-corrected chi connectivity index (χ2v) is 6.57. The summed E-state index contributed by atoms with van der Waals surface area (Å²) in [6.45, 7) is 4.80. The fraction of sp³-hybridized carbons (Fsp3) is 0.500. The molecule has 0 radical (unpaired) electrons. The summed E-state index contributed by atoms with van der Waals surface area (Å²) in [5.41, 5.74) is 2.00. The van der Waals surface area contributed by atoms with Crippen LogP contribution in [0.2, 0.25) is 0 Å². The first kappa shape index (κ1) is 16.0. The number of carbonyl (C=O) groups is 1. The summed E-state index contributed by atoms with van der Waals surface area (Å²) in [5.74, 6) is -0.0370. The number of likely N-dealkylation sites (tertiary alicyclic amines) is 1. The van der Waals surface area contributed by atoms with Gasteiger partial charge in [-0.25, -0.2) is 0 Å². The lowest BCUT2D eigenvalue weighted by Crippen LogP contribution is -2.47. The molecule has 1 N–H and O–H groups in total. The van der Waals surface area contributed by atoms with Crippen LogP contribution in [0.1, 0.15) is 40.7 Å². The fourth-order valence-electron chi connectivity index (χ4n) is 2.93. The van der Waals surface area contributed by atoms with Gasteiger partial charge in [-0.2, -0.15) is 0 Å². The van der Waals surface area contributed by atoms with E-state index in [1.807, 2.05) is 19.2 Å². The average molecular weight is 331 g/mol. The van der Waals surface area contributed by atoms with Crippen molar-refractivity contribution in [3.8, 4) is 0 Å². The maximum Gasteiger partial charge on any atom is 0.265 e. The van der Waals surface area contributed by atoms with Gasteiger partial charge < -0.3 is 5.32 Å². The molecular formula is C16H21N5OS. The Labute approximate surface area is 140 Å². The van der Waals surface area contributed by atoms with Crippen molar-refractivity contribution >= 4 is 17.4 Å². The number of nitrogens with one attached hydrogen (secondary N) is 1. The first-order valence-electron chi connectivity index (χ1n) is 7.99. The maximum atomic E-state index is 12.4. The number of carbonyl (C=O) groups excluding carboxylic acids is 1. The minimum Gasteiger partial charge on any atom is -0.347 e. The van der Waals surface area contributed by atoms with Crippen LogP contribution in [0.3, 0.4) is 0 Å². The third-order valence-corrected chi connectivity index (χ3v) is 4.83. The number of hydrogen-bond donors (Lipinski definition) is 1. The third kappa shape index (κ3) is 4.11. The van der Waals surface area contributed by atoms with E-state index in [0.29, 0.717) is 4.88 Å². The number of nitrogens with zero attached hydrogens (tertiary/aromatic N) is 4. The Hall–Kier alpha value is -1.86. The summed E-state index contributed by atoms with van der Waals surface area (Å²) in [6.07, 6.45) is 6.53. The van der Waals surface area contributed by atoms with E-state index in [0.717, 1.165) is 44.6 Å². The maximum absolute atomic E-state index is 12.4. The van der Waals surface area contributed by atoms with Crippen LogP contribution < -0.4 is 5.32 Å². The number of piperidine rings is 1. The van der Waals surface area contributed by atoms with E-state index in [1.165, 1.54) is 17.1 Å². The lowest BCUT2D eigenvalue weighted by atomic mass is 10.0. The average Bonchev–Trinajstić information content (AvgIpc) is 3.05. The second kappa shape index (κ2) is 7.61. The van der Waals surface area contributed by atoms with E-state index >= 15 is 0 Å². The van der Waals surface area contributed by atoms with Crippen LogP contribution in [0.5, 0.6) is 0 Å². The zero-order valence-corrected chi connectivity index (χ0v) is 14.1. The van der Waals surface area contributed by atoms with Crippen molar-refractivity contribution in [1.82, 2.24) is 24.8 Å². The number of aryl methyl sites for hydroxylation is 1. The lowest BCUT2D eigenvalue weighted by Gasteiger charge is -2.33. The van der Waals surface area contributed by atoms with Crippen LogP contribution in [0.15, 0.2) is 24.5 Å². The van der Waals surface area contributed by atoms with Crippen LogP contribution >= 0.6 is 11.5 Å². The number of aromatic nitrogens is 3. The summed E-state index contributed by atoms with van der Waals surface area (Å²) >= 11 is 1.18. The molecule has 0 bridgehead atoms. The van der Waals surface area contributed by atoms with Gasteiger partial charge in [0, 0.05) is 31.5 Å². The Morgan fingerprint density at radius 2 is 2.43 bits per heavy atom. The molecule has 0 unspecified atom stereocenters. The highest BCUT2D eigenvalue weighted by Gasteiger charge is 2.24. The number of rotatable bonds is 5. The van der Waals surface area contributed by atoms with Crippen molar-refractivity contribution in [2.24, 2.45) is 0 Å². The molecule has 3 rings (SSSR count). The third-order valence-electron chi connectivity index (χ3n) is 4.07. The predicted octanol–water partition coefficient (Wildman–Crippen LogP) is 1.89. The Balaban J connectivity index is 1.57. The smallest absolute Gasteiger partial charge is 0.265 e. The molecule has 3 heterocycles. The summed E-state index contributed by atoms with van der Waals surface area (Å²) in [7, 11) is 0. The zero-order valence-electron chi connectivity index (χ0n) is 13.2. The molecule has 6 nitrogen and oxygen atoms in total. The SMILES string of the molecule is CCc1nnsc1C(=O)N[C@@H]1CCCN(Cc2cccnc2)C1. The van der Waals surface area contributed by atoms with E-state index < -0.39 is 0 Å². The van der Waals surface area contributed by atoms with Gasteiger partial charge in [0.15, 0.2) is 0 Å². The Kier molecular flexibility index (Phi) is 5.30. The summed E-state index contributed by atoms with van der Waals surface area (Å²) in [5, 5.41) is 7.16. The van der Waals surface area contributed by atoms with Gasteiger partial charge in [-0.3, -0.25) is 14.7 Å². The summed E-state index contributed by atoms with van der Waals surface area (Å²) in [6, 6.07) is 4.23. The first-order chi connectivity index (χ1) is 11.3. The van der Waals surface area contributed by atoms with E-state index in [9.17, 15) is 4.79 Å². The first-order valence-corrected chi connectivity index (χ1v) is 8.77. The summed E-state index contributed by atoms with van der Waals surface area (Å²) in [4.78, 5) is 19.6. The summed E-state index contributed by atoms with van der Waals surface area (Å²) < 4.78 is 3.89. The van der Waals surface area contributed by atoms with Crippen LogP contribution in [0.4, 0.5) is 0 Å². The molecule has 1 saturated heterocycles. The minimum atomic E-state index is -0.0370. The van der Waals surface area contributed by atoms with Gasteiger partial charge in [0.25, 0.3) is 5.91 Å². The van der Waals surface area contributed by atoms with Crippen molar-refractivity contribution in [3.05, 3.63) is 40.7 Å². The Morgan fingerprint density at radius 1 is 1.52 bits per heavy atom. The normalized spacial score (nSPS) is 18.7. The van der Waals surface area contributed by atoms with Crippen molar-refractivity contribution in [1.29, 1.82) is 0 Å². The molecule has 0 aromatic carbocycles. The van der Waals surface area contributed by atoms with Gasteiger partial charge in [0.2, 0.25) is 0 Å². The molecule has 2 aromatic heterocycles. The molecule has 0 saturated carbocycles. The van der Waals surface area contributed by atoms with Gasteiger partial charge >= 0.3 is 0 Å². The van der Waals surface area contributed by atoms with Crippen molar-refractivity contribution in [2.75, 3.05) is 13.1 Å². The molecule has 7 heteroatoms. The molecule has 122 valence electrons. The minimum absolute atomic E-state index is 0.0370. The van der Waals surface area contributed by atoms with Crippen molar-refractivity contribution < 1.29 is 4.79 Å². The van der Waals surface area contributed by atoms with Crippen molar-refractivity contribution in [3.63, 3.8) is 0 Å². The highest BCUT2D eigenvalue weighted by atomic mass is 32.1. The number of hydrogen-bond acceptors (Lipinski definition) is 6. The van der Waals surface area contributed by atoms with E-state index in [4.69, 9.17) is 0 Å².